The minimum atomic E-state index is -0.985. The van der Waals surface area contributed by atoms with Crippen molar-refractivity contribution < 1.29 is 23.7 Å². The summed E-state index contributed by atoms with van der Waals surface area (Å²) in [6.45, 7) is 1.18. The summed E-state index contributed by atoms with van der Waals surface area (Å²) in [6, 6.07) is 19.0. The highest BCUT2D eigenvalue weighted by molar-refractivity contribution is 6.12. The zero-order valence-corrected chi connectivity index (χ0v) is 16.4. The Bertz CT molecular complexity index is 1180. The normalized spacial score (nSPS) is 20.7. The minimum Gasteiger partial charge on any atom is -0.491 e. The highest BCUT2D eigenvalue weighted by atomic mass is 16.6. The van der Waals surface area contributed by atoms with Crippen molar-refractivity contribution in [2.24, 2.45) is 0 Å². The van der Waals surface area contributed by atoms with Crippen LogP contribution in [0.3, 0.4) is 0 Å². The number of rotatable bonds is 2. The number of nitrogens with zero attached hydrogens (tertiary/aromatic N) is 1. The van der Waals surface area contributed by atoms with Gasteiger partial charge >= 0.3 is 0 Å². The summed E-state index contributed by atoms with van der Waals surface area (Å²) >= 11 is 0. The van der Waals surface area contributed by atoms with Crippen LogP contribution in [0.5, 0.6) is 28.7 Å². The maximum Gasteiger partial charge on any atom is 0.245 e. The summed E-state index contributed by atoms with van der Waals surface area (Å²) in [5, 5.41) is 0. The third kappa shape index (κ3) is 2.21. The van der Waals surface area contributed by atoms with Crippen LogP contribution in [-0.2, 0) is 10.2 Å². The van der Waals surface area contributed by atoms with Crippen molar-refractivity contribution in [2.45, 2.75) is 5.41 Å². The van der Waals surface area contributed by atoms with Crippen LogP contribution in [0.1, 0.15) is 11.1 Å². The summed E-state index contributed by atoms with van der Waals surface area (Å²) < 4.78 is 23.8. The third-order valence-electron chi connectivity index (χ3n) is 5.98. The van der Waals surface area contributed by atoms with Gasteiger partial charge in [-0.2, -0.15) is 0 Å². The number of benzene rings is 3. The molecular formula is C24H19NO5. The zero-order valence-electron chi connectivity index (χ0n) is 16.4. The maximum absolute atomic E-state index is 13.6. The Balaban J connectivity index is 1.56. The summed E-state index contributed by atoms with van der Waals surface area (Å²) in [4.78, 5) is 15.3. The number of ether oxygens (including phenoxy) is 4. The fourth-order valence-electron chi connectivity index (χ4n) is 4.60. The van der Waals surface area contributed by atoms with E-state index < -0.39 is 5.41 Å². The van der Waals surface area contributed by atoms with Crippen LogP contribution in [0.2, 0.25) is 0 Å². The van der Waals surface area contributed by atoms with E-state index in [-0.39, 0.29) is 12.5 Å². The Hall–Kier alpha value is -3.67. The summed E-state index contributed by atoms with van der Waals surface area (Å²) in [5.41, 5.74) is 1.43. The van der Waals surface area contributed by atoms with Gasteiger partial charge in [-0.3, -0.25) is 4.79 Å². The van der Waals surface area contributed by atoms with E-state index >= 15 is 0 Å². The van der Waals surface area contributed by atoms with Crippen molar-refractivity contribution in [3.8, 4) is 28.7 Å². The number of hydrogen-bond acceptors (Lipinski definition) is 5. The predicted molar refractivity (Wildman–Crippen MR) is 110 cm³/mol. The van der Waals surface area contributed by atoms with Gasteiger partial charge in [0.15, 0.2) is 11.5 Å². The maximum atomic E-state index is 13.6. The topological polar surface area (TPSA) is 57.2 Å². The second-order valence-electron chi connectivity index (χ2n) is 7.62. The number of anilines is 1. The largest absolute Gasteiger partial charge is 0.491 e. The summed E-state index contributed by atoms with van der Waals surface area (Å²) in [7, 11) is 1.79. The minimum absolute atomic E-state index is 0.0444. The van der Waals surface area contributed by atoms with Crippen LogP contribution < -0.4 is 23.8 Å². The van der Waals surface area contributed by atoms with Crippen LogP contribution in [-0.4, -0.2) is 32.8 Å². The molecule has 3 heterocycles. The van der Waals surface area contributed by atoms with E-state index in [1.54, 1.807) is 11.9 Å². The Labute approximate surface area is 173 Å². The third-order valence-corrected chi connectivity index (χ3v) is 5.98. The first kappa shape index (κ1) is 17.2. The number of hydrogen-bond donors (Lipinski definition) is 0. The van der Waals surface area contributed by atoms with Gasteiger partial charge in [-0.25, -0.2) is 0 Å². The molecule has 0 saturated carbocycles. The van der Waals surface area contributed by atoms with Crippen LogP contribution in [0.15, 0.2) is 60.7 Å². The molecule has 6 rings (SSSR count). The molecule has 0 fully saturated rings. The van der Waals surface area contributed by atoms with Gasteiger partial charge in [0, 0.05) is 24.2 Å². The SMILES string of the molecule is CN1C(=O)C2(COc3cc4c(cc32)OCCO4)c2c(Oc3ccccc3)cccc21. The first-order chi connectivity index (χ1) is 14.7. The van der Waals surface area contributed by atoms with Gasteiger partial charge in [0.25, 0.3) is 0 Å². The molecule has 6 heteroatoms. The molecule has 1 spiro atoms. The lowest BCUT2D eigenvalue weighted by molar-refractivity contribution is -0.121. The van der Waals surface area contributed by atoms with Crippen LogP contribution in [0.25, 0.3) is 0 Å². The van der Waals surface area contributed by atoms with Crippen molar-refractivity contribution in [1.82, 2.24) is 0 Å². The Morgan fingerprint density at radius 2 is 1.67 bits per heavy atom. The first-order valence-corrected chi connectivity index (χ1v) is 9.90. The lowest BCUT2D eigenvalue weighted by Crippen LogP contribution is -2.41. The van der Waals surface area contributed by atoms with Gasteiger partial charge in [-0.15, -0.1) is 0 Å². The van der Waals surface area contributed by atoms with E-state index in [9.17, 15) is 4.79 Å². The molecule has 1 unspecified atom stereocenters. The van der Waals surface area contributed by atoms with Gasteiger partial charge < -0.3 is 23.8 Å². The Morgan fingerprint density at radius 1 is 0.900 bits per heavy atom. The Kier molecular flexibility index (Phi) is 3.53. The number of para-hydroxylation sites is 1. The molecule has 1 amide bonds. The van der Waals surface area contributed by atoms with E-state index in [4.69, 9.17) is 18.9 Å². The molecule has 1 atom stereocenters. The molecule has 0 N–H and O–H groups in total. The number of carbonyl (C=O) groups is 1. The average molecular weight is 401 g/mol. The summed E-state index contributed by atoms with van der Waals surface area (Å²) in [5.74, 6) is 3.23. The van der Waals surface area contributed by atoms with Gasteiger partial charge in [-0.1, -0.05) is 24.3 Å². The molecular weight excluding hydrogens is 382 g/mol. The molecule has 0 aliphatic carbocycles. The van der Waals surface area contributed by atoms with Crippen molar-refractivity contribution in [3.63, 3.8) is 0 Å². The molecule has 3 aromatic rings. The Morgan fingerprint density at radius 3 is 2.47 bits per heavy atom. The quantitative estimate of drug-likeness (QED) is 0.652. The van der Waals surface area contributed by atoms with Gasteiger partial charge in [0.1, 0.15) is 42.5 Å². The number of likely N-dealkylation sites (N-methyl/N-ethyl adjacent to an activating group) is 1. The first-order valence-electron chi connectivity index (χ1n) is 9.90. The molecule has 3 aliphatic heterocycles. The van der Waals surface area contributed by atoms with Crippen molar-refractivity contribution in [2.75, 3.05) is 31.8 Å². The number of fused-ring (bicyclic) bond motifs is 5. The van der Waals surface area contributed by atoms with Crippen molar-refractivity contribution in [3.05, 3.63) is 71.8 Å². The smallest absolute Gasteiger partial charge is 0.245 e. The highest BCUT2D eigenvalue weighted by Crippen LogP contribution is 2.57. The van der Waals surface area contributed by atoms with Gasteiger partial charge in [0.2, 0.25) is 5.91 Å². The van der Waals surface area contributed by atoms with E-state index in [1.807, 2.05) is 60.7 Å². The molecule has 30 heavy (non-hydrogen) atoms. The molecule has 3 aliphatic rings. The zero-order chi connectivity index (χ0) is 20.3. The molecule has 0 bridgehead atoms. The van der Waals surface area contributed by atoms with E-state index in [0.29, 0.717) is 42.0 Å². The highest BCUT2D eigenvalue weighted by Gasteiger charge is 2.58. The number of amides is 1. The second-order valence-corrected chi connectivity index (χ2v) is 7.62. The van der Waals surface area contributed by atoms with Crippen LogP contribution in [0.4, 0.5) is 5.69 Å². The monoisotopic (exact) mass is 401 g/mol. The standard InChI is InChI=1S/C24H19NO5/c1-25-17-8-5-9-18(30-15-6-3-2-4-7-15)22(17)24(23(25)26)14-29-19-13-21-20(12-16(19)24)27-10-11-28-21/h2-9,12-13H,10-11,14H2,1H3. The lowest BCUT2D eigenvalue weighted by Gasteiger charge is -2.25. The van der Waals surface area contributed by atoms with E-state index in [2.05, 4.69) is 0 Å². The van der Waals surface area contributed by atoms with Crippen molar-refractivity contribution >= 4 is 11.6 Å². The fourth-order valence-corrected chi connectivity index (χ4v) is 4.60. The second kappa shape index (κ2) is 6.16. The van der Waals surface area contributed by atoms with Gasteiger partial charge in [0.05, 0.1) is 5.69 Å². The molecule has 3 aromatic carbocycles. The fraction of sp³-hybridized carbons (Fsp3) is 0.208. The molecule has 6 nitrogen and oxygen atoms in total. The molecule has 150 valence electrons. The molecule has 0 radical (unpaired) electrons. The average Bonchev–Trinajstić information content (AvgIpc) is 3.25. The van der Waals surface area contributed by atoms with Crippen molar-refractivity contribution in [1.29, 1.82) is 0 Å². The summed E-state index contributed by atoms with van der Waals surface area (Å²) in [6.07, 6.45) is 0. The number of carbonyl (C=O) groups excluding carboxylic acids is 1. The lowest BCUT2D eigenvalue weighted by atomic mass is 9.76. The van der Waals surface area contributed by atoms with Crippen LogP contribution in [0, 0.1) is 0 Å². The molecule has 0 saturated heterocycles. The van der Waals surface area contributed by atoms with E-state index in [0.717, 1.165) is 16.8 Å². The van der Waals surface area contributed by atoms with Crippen LogP contribution >= 0.6 is 0 Å². The molecule has 0 aromatic heterocycles. The van der Waals surface area contributed by atoms with E-state index in [1.165, 1.54) is 0 Å². The predicted octanol–water partition coefficient (Wildman–Crippen LogP) is 3.91. The van der Waals surface area contributed by atoms with Gasteiger partial charge in [-0.05, 0) is 30.3 Å².